The lowest BCUT2D eigenvalue weighted by Crippen LogP contribution is -2.26. The molecule has 2 atom stereocenters. The molecule has 0 radical (unpaired) electrons. The maximum absolute atomic E-state index is 6.17. The predicted octanol–water partition coefficient (Wildman–Crippen LogP) is 2.03. The monoisotopic (exact) mass is 251 g/mol. The van der Waals surface area contributed by atoms with E-state index in [1.165, 1.54) is 25.0 Å². The van der Waals surface area contributed by atoms with Gasteiger partial charge in [0.1, 0.15) is 0 Å². The summed E-state index contributed by atoms with van der Waals surface area (Å²) < 4.78 is 7.66. The number of rotatable bonds is 6. The molecule has 1 aromatic rings. The lowest BCUT2D eigenvalue weighted by atomic mass is 9.99. The van der Waals surface area contributed by atoms with Crippen molar-refractivity contribution in [3.05, 3.63) is 18.0 Å². The smallest absolute Gasteiger partial charge is 0.0575 e. The van der Waals surface area contributed by atoms with Crippen molar-refractivity contribution in [1.29, 1.82) is 0 Å². The van der Waals surface area contributed by atoms with E-state index in [-0.39, 0.29) is 6.04 Å². The quantitative estimate of drug-likeness (QED) is 0.841. The molecule has 2 N–H and O–H groups in total. The maximum Gasteiger partial charge on any atom is 0.0575 e. The van der Waals surface area contributed by atoms with Crippen molar-refractivity contribution in [2.24, 2.45) is 12.8 Å². The van der Waals surface area contributed by atoms with Crippen LogP contribution in [0.3, 0.4) is 0 Å². The molecule has 0 saturated carbocycles. The lowest BCUT2D eigenvalue weighted by molar-refractivity contribution is 0.00904. The molecule has 2 heterocycles. The van der Waals surface area contributed by atoms with Crippen molar-refractivity contribution in [2.45, 2.75) is 57.1 Å². The molecule has 2 rings (SSSR count). The third-order valence-electron chi connectivity index (χ3n) is 3.83. The van der Waals surface area contributed by atoms with Gasteiger partial charge < -0.3 is 10.5 Å². The standard InChI is InChI=1S/C14H25N3O/c1-17-13(9-10-16-17)7-5-12(15)6-8-14-4-2-3-11-18-14/h9-10,12,14H,2-8,11,15H2,1H3. The van der Waals surface area contributed by atoms with Crippen LogP contribution in [-0.4, -0.2) is 28.5 Å². The zero-order valence-corrected chi connectivity index (χ0v) is 11.3. The zero-order valence-electron chi connectivity index (χ0n) is 11.3. The van der Waals surface area contributed by atoms with E-state index in [4.69, 9.17) is 10.5 Å². The van der Waals surface area contributed by atoms with Gasteiger partial charge in [0.25, 0.3) is 0 Å². The van der Waals surface area contributed by atoms with Gasteiger partial charge >= 0.3 is 0 Å². The van der Waals surface area contributed by atoms with Gasteiger partial charge in [-0.2, -0.15) is 5.10 Å². The summed E-state index contributed by atoms with van der Waals surface area (Å²) in [5.74, 6) is 0. The Balaban J connectivity index is 1.62. The average Bonchev–Trinajstić information content (AvgIpc) is 2.81. The molecule has 0 bridgehead atoms. The fraction of sp³-hybridized carbons (Fsp3) is 0.786. The first kappa shape index (κ1) is 13.6. The lowest BCUT2D eigenvalue weighted by Gasteiger charge is -2.23. The van der Waals surface area contributed by atoms with E-state index in [1.807, 2.05) is 17.9 Å². The summed E-state index contributed by atoms with van der Waals surface area (Å²) in [5, 5.41) is 4.17. The summed E-state index contributed by atoms with van der Waals surface area (Å²) in [4.78, 5) is 0. The molecule has 1 aromatic heterocycles. The van der Waals surface area contributed by atoms with E-state index in [0.717, 1.165) is 32.3 Å². The first-order chi connectivity index (χ1) is 8.75. The Morgan fingerprint density at radius 2 is 2.39 bits per heavy atom. The fourth-order valence-electron chi connectivity index (χ4n) is 2.56. The summed E-state index contributed by atoms with van der Waals surface area (Å²) in [6.45, 7) is 0.939. The normalized spacial score (nSPS) is 22.0. The highest BCUT2D eigenvalue weighted by molar-refractivity contribution is 5.00. The van der Waals surface area contributed by atoms with Gasteiger partial charge in [-0.3, -0.25) is 4.68 Å². The van der Waals surface area contributed by atoms with Crippen LogP contribution >= 0.6 is 0 Å². The van der Waals surface area contributed by atoms with Gasteiger partial charge in [-0.05, 0) is 51.0 Å². The van der Waals surface area contributed by atoms with Crippen LogP contribution in [0.5, 0.6) is 0 Å². The van der Waals surface area contributed by atoms with E-state index in [2.05, 4.69) is 11.2 Å². The number of hydrogen-bond donors (Lipinski definition) is 1. The van der Waals surface area contributed by atoms with Gasteiger partial charge in [0.05, 0.1) is 6.10 Å². The fourth-order valence-corrected chi connectivity index (χ4v) is 2.56. The van der Waals surface area contributed by atoms with Crippen LogP contribution in [0.15, 0.2) is 12.3 Å². The highest BCUT2D eigenvalue weighted by Gasteiger charge is 2.15. The minimum absolute atomic E-state index is 0.283. The summed E-state index contributed by atoms with van der Waals surface area (Å²) in [6, 6.07) is 2.35. The van der Waals surface area contributed by atoms with Crippen LogP contribution < -0.4 is 5.73 Å². The number of ether oxygens (including phenoxy) is 1. The van der Waals surface area contributed by atoms with Gasteiger partial charge in [0.2, 0.25) is 0 Å². The highest BCUT2D eigenvalue weighted by atomic mass is 16.5. The summed E-state index contributed by atoms with van der Waals surface area (Å²) in [7, 11) is 1.98. The van der Waals surface area contributed by atoms with Crippen molar-refractivity contribution < 1.29 is 4.74 Å². The molecular weight excluding hydrogens is 226 g/mol. The molecule has 4 heteroatoms. The van der Waals surface area contributed by atoms with Crippen LogP contribution in [0.2, 0.25) is 0 Å². The Labute approximate surface area is 110 Å². The van der Waals surface area contributed by atoms with Gasteiger partial charge in [-0.25, -0.2) is 0 Å². The first-order valence-electron chi connectivity index (χ1n) is 7.10. The third-order valence-corrected chi connectivity index (χ3v) is 3.83. The maximum atomic E-state index is 6.17. The second kappa shape index (κ2) is 6.90. The van der Waals surface area contributed by atoms with Gasteiger partial charge in [-0.1, -0.05) is 0 Å². The van der Waals surface area contributed by atoms with Gasteiger partial charge in [0, 0.05) is 31.6 Å². The minimum Gasteiger partial charge on any atom is -0.378 e. The molecule has 18 heavy (non-hydrogen) atoms. The number of aryl methyl sites for hydroxylation is 2. The molecule has 1 aliphatic rings. The molecule has 0 spiro atoms. The summed E-state index contributed by atoms with van der Waals surface area (Å²) in [5.41, 5.74) is 7.44. The van der Waals surface area contributed by atoms with Crippen LogP contribution in [0.4, 0.5) is 0 Å². The van der Waals surface area contributed by atoms with Crippen LogP contribution in [-0.2, 0) is 18.2 Å². The molecule has 2 unspecified atom stereocenters. The van der Waals surface area contributed by atoms with Gasteiger partial charge in [-0.15, -0.1) is 0 Å². The van der Waals surface area contributed by atoms with E-state index in [9.17, 15) is 0 Å². The minimum atomic E-state index is 0.283. The van der Waals surface area contributed by atoms with Crippen molar-refractivity contribution in [2.75, 3.05) is 6.61 Å². The zero-order chi connectivity index (χ0) is 12.8. The number of aromatic nitrogens is 2. The van der Waals surface area contributed by atoms with Crippen molar-refractivity contribution in [3.8, 4) is 0 Å². The van der Waals surface area contributed by atoms with E-state index < -0.39 is 0 Å². The molecular formula is C14H25N3O. The molecule has 1 fully saturated rings. The van der Waals surface area contributed by atoms with Crippen molar-refractivity contribution >= 4 is 0 Å². The largest absolute Gasteiger partial charge is 0.378 e. The van der Waals surface area contributed by atoms with E-state index in [1.54, 1.807) is 0 Å². The molecule has 0 aromatic carbocycles. The second-order valence-electron chi connectivity index (χ2n) is 5.31. The van der Waals surface area contributed by atoms with E-state index >= 15 is 0 Å². The van der Waals surface area contributed by atoms with Crippen LogP contribution in [0.1, 0.15) is 44.2 Å². The Bertz CT molecular complexity index is 345. The topological polar surface area (TPSA) is 53.1 Å². The molecule has 0 amide bonds. The summed E-state index contributed by atoms with van der Waals surface area (Å²) >= 11 is 0. The Morgan fingerprint density at radius 3 is 3.06 bits per heavy atom. The molecule has 102 valence electrons. The van der Waals surface area contributed by atoms with Crippen LogP contribution in [0.25, 0.3) is 0 Å². The Hall–Kier alpha value is -0.870. The SMILES string of the molecule is Cn1nccc1CCC(N)CCC1CCCCO1. The molecule has 1 aliphatic heterocycles. The number of nitrogens with two attached hydrogens (primary N) is 1. The van der Waals surface area contributed by atoms with Crippen molar-refractivity contribution in [3.63, 3.8) is 0 Å². The van der Waals surface area contributed by atoms with E-state index in [0.29, 0.717) is 6.10 Å². The summed E-state index contributed by atoms with van der Waals surface area (Å²) in [6.07, 6.45) is 10.3. The molecule has 0 aliphatic carbocycles. The molecule has 1 saturated heterocycles. The Kier molecular flexibility index (Phi) is 5.20. The first-order valence-corrected chi connectivity index (χ1v) is 7.10. The second-order valence-corrected chi connectivity index (χ2v) is 5.31. The Morgan fingerprint density at radius 1 is 1.50 bits per heavy atom. The molecule has 4 nitrogen and oxygen atoms in total. The third kappa shape index (κ3) is 4.10. The van der Waals surface area contributed by atoms with Crippen LogP contribution in [0, 0.1) is 0 Å². The average molecular weight is 251 g/mol. The number of nitrogens with zero attached hydrogens (tertiary/aromatic N) is 2. The van der Waals surface area contributed by atoms with Crippen molar-refractivity contribution in [1.82, 2.24) is 9.78 Å². The van der Waals surface area contributed by atoms with Gasteiger partial charge in [0.15, 0.2) is 0 Å². The number of hydrogen-bond acceptors (Lipinski definition) is 3. The highest BCUT2D eigenvalue weighted by Crippen LogP contribution is 2.18. The predicted molar refractivity (Wildman–Crippen MR) is 72.3 cm³/mol.